The first-order chi connectivity index (χ1) is 11.4. The van der Waals surface area contributed by atoms with Gasteiger partial charge in [0.05, 0.1) is 26.4 Å². The largest absolute Gasteiger partial charge is 0.394 e. The quantitative estimate of drug-likeness (QED) is 0.658. The van der Waals surface area contributed by atoms with Crippen LogP contribution in [0, 0.1) is 0 Å². The van der Waals surface area contributed by atoms with Gasteiger partial charge in [0, 0.05) is 19.8 Å². The SMILES string of the molecule is CCCCOCC(OCCO)C1COCCCCCCCCO1. The number of hydrogen-bond acceptors (Lipinski definition) is 5. The van der Waals surface area contributed by atoms with Crippen LogP contribution < -0.4 is 0 Å². The minimum atomic E-state index is -0.179. The number of ether oxygens (including phenoxy) is 4. The fraction of sp³-hybridized carbons (Fsp3) is 1.00. The van der Waals surface area contributed by atoms with Crippen molar-refractivity contribution in [3.05, 3.63) is 0 Å². The summed E-state index contributed by atoms with van der Waals surface area (Å²) in [6.07, 6.45) is 9.10. The van der Waals surface area contributed by atoms with E-state index in [1.807, 2.05) is 0 Å². The van der Waals surface area contributed by atoms with E-state index in [1.165, 1.54) is 25.7 Å². The van der Waals surface area contributed by atoms with Gasteiger partial charge in [0.25, 0.3) is 0 Å². The fourth-order valence-corrected chi connectivity index (χ4v) is 2.62. The van der Waals surface area contributed by atoms with Crippen LogP contribution in [0.15, 0.2) is 0 Å². The van der Waals surface area contributed by atoms with Crippen LogP contribution in [0.3, 0.4) is 0 Å². The van der Waals surface area contributed by atoms with Crippen molar-refractivity contribution < 1.29 is 24.1 Å². The predicted octanol–water partition coefficient (Wildman–Crippen LogP) is 2.94. The number of aliphatic hydroxyl groups excluding tert-OH is 1. The standard InChI is InChI=1S/C18H36O5/c1-2-3-11-20-16-18(23-14-10-19)17-15-21-12-8-6-4-5-7-9-13-22-17/h17-19H,2-16H2,1H3. The van der Waals surface area contributed by atoms with Crippen LogP contribution in [0.4, 0.5) is 0 Å². The fourth-order valence-electron chi connectivity index (χ4n) is 2.62. The Bertz CT molecular complexity index is 238. The molecule has 5 nitrogen and oxygen atoms in total. The van der Waals surface area contributed by atoms with Crippen LogP contribution in [0.2, 0.25) is 0 Å². The van der Waals surface area contributed by atoms with Crippen molar-refractivity contribution in [3.63, 3.8) is 0 Å². The van der Waals surface area contributed by atoms with Gasteiger partial charge in [0.2, 0.25) is 0 Å². The van der Waals surface area contributed by atoms with Crippen LogP contribution in [0.5, 0.6) is 0 Å². The van der Waals surface area contributed by atoms with Crippen molar-refractivity contribution in [2.75, 3.05) is 46.2 Å². The Kier molecular flexibility index (Phi) is 13.9. The topological polar surface area (TPSA) is 57.2 Å². The summed E-state index contributed by atoms with van der Waals surface area (Å²) in [7, 11) is 0. The normalized spacial score (nSPS) is 23.0. The Labute approximate surface area is 141 Å². The van der Waals surface area contributed by atoms with Gasteiger partial charge < -0.3 is 24.1 Å². The Balaban J connectivity index is 2.45. The lowest BCUT2D eigenvalue weighted by Gasteiger charge is -2.27. The van der Waals surface area contributed by atoms with E-state index in [2.05, 4.69) is 6.92 Å². The molecular weight excluding hydrogens is 296 g/mol. The minimum Gasteiger partial charge on any atom is -0.394 e. The molecule has 23 heavy (non-hydrogen) atoms. The van der Waals surface area contributed by atoms with Crippen molar-refractivity contribution in [2.24, 2.45) is 0 Å². The summed E-state index contributed by atoms with van der Waals surface area (Å²) in [5.41, 5.74) is 0. The van der Waals surface area contributed by atoms with E-state index in [4.69, 9.17) is 24.1 Å². The van der Waals surface area contributed by atoms with Gasteiger partial charge in [-0.05, 0) is 19.3 Å². The maximum atomic E-state index is 9.04. The first kappa shape index (κ1) is 20.8. The molecule has 0 amide bonds. The summed E-state index contributed by atoms with van der Waals surface area (Å²) >= 11 is 0. The van der Waals surface area contributed by atoms with Crippen molar-refractivity contribution in [2.45, 2.75) is 70.5 Å². The molecule has 0 aliphatic carbocycles. The van der Waals surface area contributed by atoms with E-state index in [9.17, 15) is 0 Å². The van der Waals surface area contributed by atoms with E-state index in [0.717, 1.165) is 45.5 Å². The summed E-state index contributed by atoms with van der Waals surface area (Å²) < 4.78 is 23.3. The molecule has 1 N–H and O–H groups in total. The molecule has 1 saturated heterocycles. The summed E-state index contributed by atoms with van der Waals surface area (Å²) in [5.74, 6) is 0. The molecule has 2 unspecified atom stereocenters. The monoisotopic (exact) mass is 332 g/mol. The molecule has 0 aromatic heterocycles. The Morgan fingerprint density at radius 1 is 1.04 bits per heavy atom. The molecule has 0 spiro atoms. The molecule has 1 rings (SSSR count). The van der Waals surface area contributed by atoms with Crippen molar-refractivity contribution in [1.29, 1.82) is 0 Å². The molecule has 138 valence electrons. The third kappa shape index (κ3) is 11.1. The average molecular weight is 332 g/mol. The van der Waals surface area contributed by atoms with E-state index in [0.29, 0.717) is 19.8 Å². The molecule has 1 aliphatic heterocycles. The van der Waals surface area contributed by atoms with E-state index in [-0.39, 0.29) is 18.8 Å². The van der Waals surface area contributed by atoms with Gasteiger partial charge in [-0.15, -0.1) is 0 Å². The van der Waals surface area contributed by atoms with Gasteiger partial charge in [0.15, 0.2) is 0 Å². The summed E-state index contributed by atoms with van der Waals surface area (Å²) in [6.45, 7) is 5.75. The second-order valence-electron chi connectivity index (χ2n) is 6.17. The molecule has 0 aromatic carbocycles. The molecule has 0 bridgehead atoms. The maximum Gasteiger partial charge on any atom is 0.109 e. The highest BCUT2D eigenvalue weighted by molar-refractivity contribution is 4.71. The molecule has 5 heteroatoms. The van der Waals surface area contributed by atoms with Gasteiger partial charge in [-0.2, -0.15) is 0 Å². The minimum absolute atomic E-state index is 0.0129. The van der Waals surface area contributed by atoms with E-state index >= 15 is 0 Å². The summed E-state index contributed by atoms with van der Waals surface area (Å²) in [6, 6.07) is 0. The highest BCUT2D eigenvalue weighted by Gasteiger charge is 2.24. The van der Waals surface area contributed by atoms with Crippen LogP contribution in [-0.4, -0.2) is 63.6 Å². The predicted molar refractivity (Wildman–Crippen MR) is 90.8 cm³/mol. The second-order valence-corrected chi connectivity index (χ2v) is 6.17. The Morgan fingerprint density at radius 2 is 1.78 bits per heavy atom. The smallest absolute Gasteiger partial charge is 0.109 e. The highest BCUT2D eigenvalue weighted by Crippen LogP contribution is 2.12. The van der Waals surface area contributed by atoms with Crippen LogP contribution in [-0.2, 0) is 18.9 Å². The molecule has 0 aromatic rings. The van der Waals surface area contributed by atoms with Crippen molar-refractivity contribution in [1.82, 2.24) is 0 Å². The van der Waals surface area contributed by atoms with Crippen LogP contribution >= 0.6 is 0 Å². The maximum absolute atomic E-state index is 9.04. The molecular formula is C18H36O5. The van der Waals surface area contributed by atoms with Gasteiger partial charge in [-0.3, -0.25) is 0 Å². The lowest BCUT2D eigenvalue weighted by atomic mass is 10.1. The Morgan fingerprint density at radius 3 is 2.52 bits per heavy atom. The number of rotatable bonds is 9. The number of aliphatic hydroxyl groups is 1. The molecule has 0 saturated carbocycles. The lowest BCUT2D eigenvalue weighted by Crippen LogP contribution is -2.40. The van der Waals surface area contributed by atoms with Crippen LogP contribution in [0.1, 0.15) is 58.3 Å². The third-order valence-corrected chi connectivity index (χ3v) is 4.06. The first-order valence-electron chi connectivity index (χ1n) is 9.38. The zero-order chi connectivity index (χ0) is 16.6. The van der Waals surface area contributed by atoms with Crippen molar-refractivity contribution >= 4 is 0 Å². The zero-order valence-corrected chi connectivity index (χ0v) is 14.8. The van der Waals surface area contributed by atoms with Crippen LogP contribution in [0.25, 0.3) is 0 Å². The molecule has 1 fully saturated rings. The molecule has 1 aliphatic rings. The van der Waals surface area contributed by atoms with Gasteiger partial charge >= 0.3 is 0 Å². The van der Waals surface area contributed by atoms with Crippen molar-refractivity contribution in [3.8, 4) is 0 Å². The highest BCUT2D eigenvalue weighted by atomic mass is 16.6. The molecule has 2 atom stereocenters. The van der Waals surface area contributed by atoms with E-state index < -0.39 is 0 Å². The number of hydrogen-bond donors (Lipinski definition) is 1. The van der Waals surface area contributed by atoms with Gasteiger partial charge in [0.1, 0.15) is 12.2 Å². The third-order valence-electron chi connectivity index (χ3n) is 4.06. The second kappa shape index (κ2) is 15.3. The average Bonchev–Trinajstić information content (AvgIpc) is 2.55. The molecule has 1 heterocycles. The Hall–Kier alpha value is -0.200. The van der Waals surface area contributed by atoms with Gasteiger partial charge in [-0.25, -0.2) is 0 Å². The zero-order valence-electron chi connectivity index (χ0n) is 14.8. The lowest BCUT2D eigenvalue weighted by molar-refractivity contribution is -0.131. The summed E-state index contributed by atoms with van der Waals surface area (Å²) in [5, 5.41) is 9.04. The molecule has 0 radical (unpaired) electrons. The first-order valence-corrected chi connectivity index (χ1v) is 9.38. The number of unbranched alkanes of at least 4 members (excludes halogenated alkanes) is 1. The van der Waals surface area contributed by atoms with Gasteiger partial charge in [-0.1, -0.05) is 39.0 Å². The summed E-state index contributed by atoms with van der Waals surface area (Å²) in [4.78, 5) is 0. The van der Waals surface area contributed by atoms with E-state index in [1.54, 1.807) is 0 Å².